The Bertz CT molecular complexity index is 2860. The molecule has 0 spiro atoms. The second-order valence-corrected chi connectivity index (χ2v) is 14.5. The van der Waals surface area contributed by atoms with Gasteiger partial charge in [-0.2, -0.15) is 0 Å². The topological polar surface area (TPSA) is 6.48 Å². The molecule has 10 aromatic carbocycles. The second-order valence-electron chi connectivity index (χ2n) is 14.5. The summed E-state index contributed by atoms with van der Waals surface area (Å²) >= 11 is 0. The highest BCUT2D eigenvalue weighted by Gasteiger charge is 2.20. The molecule has 10 aromatic rings. The van der Waals surface area contributed by atoms with Gasteiger partial charge in [-0.1, -0.05) is 176 Å². The molecule has 58 heavy (non-hydrogen) atoms. The number of hydrogen-bond acceptors (Lipinski definition) is 2. The van der Waals surface area contributed by atoms with Crippen molar-refractivity contribution in [1.82, 2.24) is 0 Å². The summed E-state index contributed by atoms with van der Waals surface area (Å²) in [6.07, 6.45) is 0. The molecule has 2 nitrogen and oxygen atoms in total. The van der Waals surface area contributed by atoms with E-state index in [0.29, 0.717) is 0 Å². The van der Waals surface area contributed by atoms with Crippen molar-refractivity contribution in [3.63, 3.8) is 0 Å². The van der Waals surface area contributed by atoms with E-state index in [-0.39, 0.29) is 0 Å². The van der Waals surface area contributed by atoms with Crippen LogP contribution >= 0.6 is 0 Å². The molecule has 0 aliphatic carbocycles. The van der Waals surface area contributed by atoms with Crippen LogP contribution < -0.4 is 9.80 Å². The molecule has 0 fully saturated rings. The molecule has 0 aliphatic heterocycles. The molecule has 0 aromatic heterocycles. The summed E-state index contributed by atoms with van der Waals surface area (Å²) in [6, 6.07) is 87.1. The monoisotopic (exact) mass is 740 g/mol. The summed E-state index contributed by atoms with van der Waals surface area (Å²) in [5.74, 6) is 0. The number of hydrogen-bond donors (Lipinski definition) is 0. The molecule has 0 heterocycles. The zero-order chi connectivity index (χ0) is 38.7. The molecule has 2 heteroatoms. The number of nitrogens with zero attached hydrogens (tertiary/aromatic N) is 2. The maximum atomic E-state index is 2.39. The molecule has 274 valence electrons. The largest absolute Gasteiger partial charge is 0.311 e. The van der Waals surface area contributed by atoms with Crippen molar-refractivity contribution < 1.29 is 0 Å². The molecular formula is C56H40N2. The third-order valence-electron chi connectivity index (χ3n) is 11.0. The van der Waals surface area contributed by atoms with E-state index in [0.717, 1.165) is 34.1 Å². The zero-order valence-electron chi connectivity index (χ0n) is 32.0. The lowest BCUT2D eigenvalue weighted by Crippen LogP contribution is -2.12. The van der Waals surface area contributed by atoms with Crippen LogP contribution in [0.5, 0.6) is 0 Å². The SMILES string of the molecule is c1ccc(-c2ccccc2N(c2ccc(-c3c4ccccc4c(-c4ccccc4)c4ccccc34)cc2)c2ccc(N(c3ccccc3)c3ccccc3)cc2)cc1. The molecule has 0 amide bonds. The van der Waals surface area contributed by atoms with Crippen LogP contribution in [0, 0.1) is 0 Å². The number of para-hydroxylation sites is 3. The van der Waals surface area contributed by atoms with Crippen LogP contribution in [0.4, 0.5) is 34.1 Å². The Labute approximate surface area is 340 Å². The van der Waals surface area contributed by atoms with E-state index in [9.17, 15) is 0 Å². The van der Waals surface area contributed by atoms with E-state index in [2.05, 4.69) is 252 Å². The molecule has 0 unspecified atom stereocenters. The predicted molar refractivity (Wildman–Crippen MR) is 247 cm³/mol. The Kier molecular flexibility index (Phi) is 9.27. The van der Waals surface area contributed by atoms with Crippen molar-refractivity contribution >= 4 is 55.7 Å². The summed E-state index contributed by atoms with van der Waals surface area (Å²) in [5, 5.41) is 5.00. The smallest absolute Gasteiger partial charge is 0.0540 e. The number of benzene rings is 10. The number of rotatable bonds is 9. The van der Waals surface area contributed by atoms with Crippen molar-refractivity contribution in [3.8, 4) is 33.4 Å². The summed E-state index contributed by atoms with van der Waals surface area (Å²) < 4.78 is 0. The van der Waals surface area contributed by atoms with Gasteiger partial charge in [0.05, 0.1) is 5.69 Å². The molecule has 0 saturated carbocycles. The minimum atomic E-state index is 1.07. The lowest BCUT2D eigenvalue weighted by Gasteiger charge is -2.30. The molecule has 0 atom stereocenters. The lowest BCUT2D eigenvalue weighted by atomic mass is 9.86. The molecular weight excluding hydrogens is 701 g/mol. The molecule has 0 N–H and O–H groups in total. The minimum Gasteiger partial charge on any atom is -0.311 e. The molecule has 10 rings (SSSR count). The first kappa shape index (κ1) is 34.8. The van der Waals surface area contributed by atoms with Gasteiger partial charge in [0, 0.05) is 34.0 Å². The van der Waals surface area contributed by atoms with Crippen molar-refractivity contribution in [2.75, 3.05) is 9.80 Å². The first-order valence-electron chi connectivity index (χ1n) is 19.9. The van der Waals surface area contributed by atoms with Crippen molar-refractivity contribution in [2.24, 2.45) is 0 Å². The minimum absolute atomic E-state index is 1.07. The molecule has 0 bridgehead atoms. The van der Waals surface area contributed by atoms with E-state index < -0.39 is 0 Å². The number of fused-ring (bicyclic) bond motifs is 2. The third kappa shape index (κ3) is 6.47. The Morgan fingerprint density at radius 2 is 0.517 bits per heavy atom. The van der Waals surface area contributed by atoms with Gasteiger partial charge in [0.15, 0.2) is 0 Å². The van der Waals surface area contributed by atoms with Gasteiger partial charge in [-0.15, -0.1) is 0 Å². The second kappa shape index (κ2) is 15.5. The van der Waals surface area contributed by atoms with Crippen LogP contribution in [0.2, 0.25) is 0 Å². The standard InChI is InChI=1S/C56H40N2/c1-5-19-41(20-6-1)49-27-17-18-32-54(49)58(48-39-37-46(38-40-48)57(44-23-9-3-10-24-44)45-25-11-4-12-26-45)47-35-33-43(34-36-47)56-52-30-15-13-28-50(52)55(42-21-7-2-8-22-42)51-29-14-16-31-53(51)56/h1-40H. The molecule has 0 aliphatic rings. The van der Waals surface area contributed by atoms with Crippen LogP contribution in [0.15, 0.2) is 243 Å². The van der Waals surface area contributed by atoms with Gasteiger partial charge < -0.3 is 9.80 Å². The summed E-state index contributed by atoms with van der Waals surface area (Å²) in [6.45, 7) is 0. The molecule has 0 radical (unpaired) electrons. The summed E-state index contributed by atoms with van der Waals surface area (Å²) in [7, 11) is 0. The summed E-state index contributed by atoms with van der Waals surface area (Å²) in [5.41, 5.74) is 13.9. The Morgan fingerprint density at radius 3 is 0.983 bits per heavy atom. The van der Waals surface area contributed by atoms with Gasteiger partial charge in [-0.25, -0.2) is 0 Å². The Balaban J connectivity index is 1.12. The molecule has 0 saturated heterocycles. The fraction of sp³-hybridized carbons (Fsp3) is 0. The van der Waals surface area contributed by atoms with Crippen LogP contribution in [0.3, 0.4) is 0 Å². The van der Waals surface area contributed by atoms with Crippen molar-refractivity contribution in [2.45, 2.75) is 0 Å². The van der Waals surface area contributed by atoms with Gasteiger partial charge in [-0.05, 0) is 116 Å². The fourth-order valence-corrected chi connectivity index (χ4v) is 8.44. The van der Waals surface area contributed by atoms with Gasteiger partial charge in [0.1, 0.15) is 0 Å². The van der Waals surface area contributed by atoms with Gasteiger partial charge >= 0.3 is 0 Å². The first-order valence-corrected chi connectivity index (χ1v) is 19.9. The van der Waals surface area contributed by atoms with Crippen LogP contribution in [-0.2, 0) is 0 Å². The maximum absolute atomic E-state index is 2.39. The van der Waals surface area contributed by atoms with Crippen LogP contribution in [0.1, 0.15) is 0 Å². The first-order chi connectivity index (χ1) is 28.8. The van der Waals surface area contributed by atoms with Gasteiger partial charge in [-0.3, -0.25) is 0 Å². The highest BCUT2D eigenvalue weighted by molar-refractivity contribution is 6.21. The maximum Gasteiger partial charge on any atom is 0.0540 e. The average Bonchev–Trinajstić information content (AvgIpc) is 3.30. The van der Waals surface area contributed by atoms with E-state index >= 15 is 0 Å². The zero-order valence-corrected chi connectivity index (χ0v) is 32.0. The van der Waals surface area contributed by atoms with Crippen molar-refractivity contribution in [1.29, 1.82) is 0 Å². The van der Waals surface area contributed by atoms with Crippen molar-refractivity contribution in [3.05, 3.63) is 243 Å². The highest BCUT2D eigenvalue weighted by Crippen LogP contribution is 2.46. The Morgan fingerprint density at radius 1 is 0.207 bits per heavy atom. The summed E-state index contributed by atoms with van der Waals surface area (Å²) in [4.78, 5) is 4.69. The van der Waals surface area contributed by atoms with E-state index in [4.69, 9.17) is 0 Å². The third-order valence-corrected chi connectivity index (χ3v) is 11.0. The van der Waals surface area contributed by atoms with Crippen LogP contribution in [0.25, 0.3) is 54.9 Å². The quantitative estimate of drug-likeness (QED) is 0.136. The van der Waals surface area contributed by atoms with E-state index in [1.165, 1.54) is 54.9 Å². The van der Waals surface area contributed by atoms with Gasteiger partial charge in [0.2, 0.25) is 0 Å². The van der Waals surface area contributed by atoms with E-state index in [1.54, 1.807) is 0 Å². The fourth-order valence-electron chi connectivity index (χ4n) is 8.44. The average molecular weight is 741 g/mol. The lowest BCUT2D eigenvalue weighted by molar-refractivity contribution is 1.26. The predicted octanol–water partition coefficient (Wildman–Crippen LogP) is 15.9. The Hall–Kier alpha value is -7.68. The number of anilines is 6. The van der Waals surface area contributed by atoms with Crippen LogP contribution in [-0.4, -0.2) is 0 Å². The van der Waals surface area contributed by atoms with E-state index in [1.807, 2.05) is 0 Å². The normalized spacial score (nSPS) is 11.1. The van der Waals surface area contributed by atoms with Gasteiger partial charge in [0.25, 0.3) is 0 Å². The highest BCUT2D eigenvalue weighted by atomic mass is 15.2.